The lowest BCUT2D eigenvalue weighted by Gasteiger charge is -2.29. The number of anilines is 2. The van der Waals surface area contributed by atoms with Crippen molar-refractivity contribution in [2.45, 2.75) is 52.4 Å². The summed E-state index contributed by atoms with van der Waals surface area (Å²) in [6.45, 7) is 7.40. The number of aryl methyl sites for hydroxylation is 2. The molecule has 6 nitrogen and oxygen atoms in total. The second-order valence-electron chi connectivity index (χ2n) is 15.3. The average molecular weight is 779 g/mol. The van der Waals surface area contributed by atoms with Crippen LogP contribution >= 0.6 is 0 Å². The molecule has 0 aromatic heterocycles. The average Bonchev–Trinajstić information content (AvgIpc) is 3.25. The minimum Gasteiger partial charge on any atom is -0.481 e. The number of carbonyl (C=O) groups is 2. The zero-order chi connectivity index (χ0) is 41.1. The summed E-state index contributed by atoms with van der Waals surface area (Å²) < 4.78 is 0. The molecule has 59 heavy (non-hydrogen) atoms. The lowest BCUT2D eigenvalue weighted by atomic mass is 9.80. The molecule has 0 fully saturated rings. The number of benzene rings is 7. The van der Waals surface area contributed by atoms with E-state index >= 15 is 0 Å². The Hall–Kier alpha value is -6.92. The van der Waals surface area contributed by atoms with Crippen LogP contribution in [0.5, 0.6) is 0 Å². The van der Waals surface area contributed by atoms with Gasteiger partial charge in [-0.15, -0.1) is 0 Å². The van der Waals surface area contributed by atoms with Crippen LogP contribution < -0.4 is 9.80 Å². The molecule has 0 spiro atoms. The van der Waals surface area contributed by atoms with Crippen LogP contribution in [-0.2, 0) is 42.2 Å². The molecule has 0 atom stereocenters. The summed E-state index contributed by atoms with van der Waals surface area (Å²) in [6, 6.07) is 63.5. The molecule has 6 heteroatoms. The van der Waals surface area contributed by atoms with E-state index in [2.05, 4.69) is 157 Å². The highest BCUT2D eigenvalue weighted by atomic mass is 16.4. The lowest BCUT2D eigenvalue weighted by Crippen LogP contribution is -2.25. The summed E-state index contributed by atoms with van der Waals surface area (Å²) in [4.78, 5) is 28.3. The molecule has 7 aromatic rings. The standard InChI is InChI=1S/C53H50N2O4/c1-38-31-46(54(34-41-15-7-3-8-16-41)35-42-17-9-4-10-18-42)27-29-48(38)51(45-25-23-40(24-26-45)33-50(52(56)57)53(58)59)49-30-28-47(32-39(49)2)55(36-43-19-11-5-12-20-43)37-44-21-13-6-14-22-44/h3-32,50-51H,33-37H2,1-2H3,(H,56,57)(H,58,59). The van der Waals surface area contributed by atoms with Crippen molar-refractivity contribution in [2.75, 3.05) is 9.80 Å². The molecule has 0 aliphatic carbocycles. The smallest absolute Gasteiger partial charge is 0.318 e. The highest BCUT2D eigenvalue weighted by Crippen LogP contribution is 2.39. The molecule has 0 amide bonds. The monoisotopic (exact) mass is 778 g/mol. The van der Waals surface area contributed by atoms with Crippen LogP contribution in [0, 0.1) is 19.8 Å². The highest BCUT2D eigenvalue weighted by Gasteiger charge is 2.27. The first-order valence-corrected chi connectivity index (χ1v) is 20.1. The van der Waals surface area contributed by atoms with Gasteiger partial charge >= 0.3 is 11.9 Å². The first-order chi connectivity index (χ1) is 28.7. The van der Waals surface area contributed by atoms with Gasteiger partial charge in [0, 0.05) is 43.5 Å². The van der Waals surface area contributed by atoms with Crippen molar-refractivity contribution in [1.82, 2.24) is 0 Å². The molecule has 0 saturated heterocycles. The highest BCUT2D eigenvalue weighted by molar-refractivity contribution is 5.93. The van der Waals surface area contributed by atoms with Gasteiger partial charge in [0.15, 0.2) is 5.92 Å². The predicted molar refractivity (Wildman–Crippen MR) is 238 cm³/mol. The Morgan fingerprint density at radius 2 is 0.780 bits per heavy atom. The van der Waals surface area contributed by atoms with Gasteiger partial charge in [-0.2, -0.15) is 0 Å². The van der Waals surface area contributed by atoms with Crippen molar-refractivity contribution in [3.63, 3.8) is 0 Å². The lowest BCUT2D eigenvalue weighted by molar-refractivity contribution is -0.154. The van der Waals surface area contributed by atoms with Crippen molar-refractivity contribution < 1.29 is 19.8 Å². The summed E-state index contributed by atoms with van der Waals surface area (Å²) in [5.41, 5.74) is 13.5. The topological polar surface area (TPSA) is 81.1 Å². The molecule has 0 saturated carbocycles. The van der Waals surface area contributed by atoms with Crippen molar-refractivity contribution in [2.24, 2.45) is 5.92 Å². The van der Waals surface area contributed by atoms with E-state index in [1.54, 1.807) is 0 Å². The van der Waals surface area contributed by atoms with Crippen molar-refractivity contribution in [3.05, 3.63) is 238 Å². The van der Waals surface area contributed by atoms with Crippen LogP contribution in [0.15, 0.2) is 182 Å². The fraction of sp³-hybridized carbons (Fsp3) is 0.170. The number of aliphatic carboxylic acids is 2. The maximum atomic E-state index is 11.7. The fourth-order valence-corrected chi connectivity index (χ4v) is 7.94. The van der Waals surface area contributed by atoms with E-state index in [9.17, 15) is 19.8 Å². The zero-order valence-corrected chi connectivity index (χ0v) is 33.6. The summed E-state index contributed by atoms with van der Waals surface area (Å²) >= 11 is 0. The molecule has 0 radical (unpaired) electrons. The normalized spacial score (nSPS) is 11.1. The first-order valence-electron chi connectivity index (χ1n) is 20.1. The van der Waals surface area contributed by atoms with Crippen LogP contribution in [0.25, 0.3) is 0 Å². The minimum absolute atomic E-state index is 0.0889. The van der Waals surface area contributed by atoms with Gasteiger partial charge in [-0.25, -0.2) is 0 Å². The van der Waals surface area contributed by atoms with Crippen molar-refractivity contribution >= 4 is 23.3 Å². The molecule has 2 N–H and O–H groups in total. The van der Waals surface area contributed by atoms with Gasteiger partial charge in [-0.05, 0) is 100 Å². The van der Waals surface area contributed by atoms with Crippen LogP contribution in [0.2, 0.25) is 0 Å². The molecular formula is C53H50N2O4. The van der Waals surface area contributed by atoms with E-state index in [0.717, 1.165) is 65.4 Å². The molecular weight excluding hydrogens is 729 g/mol. The second-order valence-corrected chi connectivity index (χ2v) is 15.3. The van der Waals surface area contributed by atoms with Gasteiger partial charge in [0.2, 0.25) is 0 Å². The molecule has 0 aliphatic heterocycles. The fourth-order valence-electron chi connectivity index (χ4n) is 7.94. The Morgan fingerprint density at radius 3 is 1.08 bits per heavy atom. The number of nitrogens with zero attached hydrogens (tertiary/aromatic N) is 2. The van der Waals surface area contributed by atoms with Gasteiger partial charge in [0.25, 0.3) is 0 Å². The van der Waals surface area contributed by atoms with Crippen LogP contribution in [-0.4, -0.2) is 22.2 Å². The second kappa shape index (κ2) is 19.0. The molecule has 7 rings (SSSR count). The summed E-state index contributed by atoms with van der Waals surface area (Å²) in [5, 5.41) is 19.1. The maximum Gasteiger partial charge on any atom is 0.318 e. The van der Waals surface area contributed by atoms with Crippen molar-refractivity contribution in [3.8, 4) is 0 Å². The van der Waals surface area contributed by atoms with Crippen LogP contribution in [0.3, 0.4) is 0 Å². The van der Waals surface area contributed by atoms with Gasteiger partial charge in [-0.3, -0.25) is 9.59 Å². The third-order valence-electron chi connectivity index (χ3n) is 11.1. The Morgan fingerprint density at radius 1 is 0.441 bits per heavy atom. The van der Waals surface area contributed by atoms with Crippen LogP contribution in [0.1, 0.15) is 61.6 Å². The Balaban J connectivity index is 1.28. The molecule has 0 aliphatic rings. The molecule has 296 valence electrons. The molecule has 0 bridgehead atoms. The van der Waals surface area contributed by atoms with Gasteiger partial charge in [0.05, 0.1) is 0 Å². The summed E-state index contributed by atoms with van der Waals surface area (Å²) in [5.74, 6) is -4.33. The summed E-state index contributed by atoms with van der Waals surface area (Å²) in [6.07, 6.45) is -0.0889. The van der Waals surface area contributed by atoms with E-state index < -0.39 is 17.9 Å². The Bertz CT molecular complexity index is 2220. The maximum absolute atomic E-state index is 11.7. The third-order valence-corrected chi connectivity index (χ3v) is 11.1. The number of rotatable bonds is 17. The van der Waals surface area contributed by atoms with Gasteiger partial charge in [-0.1, -0.05) is 158 Å². The minimum atomic E-state index is -1.51. The quantitative estimate of drug-likeness (QED) is 0.0708. The van der Waals surface area contributed by atoms with E-state index in [0.29, 0.717) is 5.56 Å². The number of hydrogen-bond donors (Lipinski definition) is 2. The SMILES string of the molecule is Cc1cc(N(Cc2ccccc2)Cc2ccccc2)ccc1C(c1ccc(CC(C(=O)O)C(=O)O)cc1)c1ccc(N(Cc2ccccc2)Cc2ccccc2)cc1C. The van der Waals surface area contributed by atoms with Crippen molar-refractivity contribution in [1.29, 1.82) is 0 Å². The van der Waals surface area contributed by atoms with E-state index in [1.165, 1.54) is 22.3 Å². The van der Waals surface area contributed by atoms with E-state index in [4.69, 9.17) is 0 Å². The largest absolute Gasteiger partial charge is 0.481 e. The van der Waals surface area contributed by atoms with Gasteiger partial charge < -0.3 is 20.0 Å². The molecule has 7 aromatic carbocycles. The Kier molecular flexibility index (Phi) is 13.0. The number of carboxylic acid groups (broad SMARTS) is 2. The Labute approximate surface area is 347 Å². The predicted octanol–water partition coefficient (Wildman–Crippen LogP) is 11.2. The van der Waals surface area contributed by atoms with Gasteiger partial charge in [0.1, 0.15) is 0 Å². The van der Waals surface area contributed by atoms with E-state index in [1.807, 2.05) is 48.5 Å². The molecule has 0 heterocycles. The van der Waals surface area contributed by atoms with Crippen LogP contribution in [0.4, 0.5) is 11.4 Å². The zero-order valence-electron chi connectivity index (χ0n) is 33.6. The van der Waals surface area contributed by atoms with E-state index in [-0.39, 0.29) is 12.3 Å². The third kappa shape index (κ3) is 10.3. The number of hydrogen-bond acceptors (Lipinski definition) is 4. The summed E-state index contributed by atoms with van der Waals surface area (Å²) in [7, 11) is 0. The first kappa shape index (κ1) is 40.3. The molecule has 0 unspecified atom stereocenters. The number of carboxylic acids is 2.